The van der Waals surface area contributed by atoms with E-state index in [-0.39, 0.29) is 0 Å². The lowest BCUT2D eigenvalue weighted by Crippen LogP contribution is -2.22. The van der Waals surface area contributed by atoms with Gasteiger partial charge in [0.25, 0.3) is 0 Å². The first-order chi connectivity index (χ1) is 7.09. The van der Waals surface area contributed by atoms with Gasteiger partial charge in [-0.1, -0.05) is 0 Å². The molecule has 1 aromatic carbocycles. The molecule has 2 rings (SSSR count). The van der Waals surface area contributed by atoms with Crippen molar-refractivity contribution in [3.05, 3.63) is 35.4 Å². The summed E-state index contributed by atoms with van der Waals surface area (Å²) < 4.78 is 0. The van der Waals surface area contributed by atoms with Gasteiger partial charge in [0.1, 0.15) is 0 Å². The van der Waals surface area contributed by atoms with Crippen molar-refractivity contribution in [2.24, 2.45) is 0 Å². The molecule has 3 nitrogen and oxygen atoms in total. The number of nitrogens with zero attached hydrogens (tertiary/aromatic N) is 1. The molecule has 1 aliphatic heterocycles. The van der Waals surface area contributed by atoms with Crippen LogP contribution in [0.3, 0.4) is 0 Å². The average molecular weight is 204 g/mol. The number of rotatable bonds is 1. The Bertz CT molecular complexity index is 395. The minimum absolute atomic E-state index is 0.331. The maximum absolute atomic E-state index is 5.68. The van der Waals surface area contributed by atoms with E-state index in [9.17, 15) is 0 Å². The quantitative estimate of drug-likeness (QED) is 0.713. The molecule has 0 aromatic heterocycles. The Balaban J connectivity index is 2.36. The summed E-state index contributed by atoms with van der Waals surface area (Å²) in [6, 6.07) is 8.09. The van der Waals surface area contributed by atoms with Crippen LogP contribution >= 0.6 is 0 Å². The number of hydroxylamine groups is 2. The van der Waals surface area contributed by atoms with Crippen LogP contribution in [-0.4, -0.2) is 18.2 Å². The summed E-state index contributed by atoms with van der Waals surface area (Å²) in [7, 11) is 1.94. The molecule has 0 saturated carbocycles. The highest BCUT2D eigenvalue weighted by Crippen LogP contribution is 2.31. The number of hydrogen-bond donors (Lipinski definition) is 1. The lowest BCUT2D eigenvalue weighted by atomic mass is 10.1. The van der Waals surface area contributed by atoms with Crippen molar-refractivity contribution in [2.75, 3.05) is 12.8 Å². The number of nitrogen functional groups attached to an aromatic ring is 1. The second-order valence-electron chi connectivity index (χ2n) is 3.95. The van der Waals surface area contributed by atoms with E-state index in [2.05, 4.69) is 13.8 Å². The van der Waals surface area contributed by atoms with Gasteiger partial charge in [-0.3, -0.25) is 0 Å². The second kappa shape index (κ2) is 3.59. The van der Waals surface area contributed by atoms with E-state index in [1.54, 1.807) is 0 Å². The maximum atomic E-state index is 5.68. The smallest absolute Gasteiger partial charge is 0.155 e. The Kier molecular flexibility index (Phi) is 2.40. The summed E-state index contributed by atoms with van der Waals surface area (Å²) in [5.74, 6) is 0.949. The Morgan fingerprint density at radius 3 is 2.33 bits per heavy atom. The molecule has 80 valence electrons. The van der Waals surface area contributed by atoms with E-state index in [4.69, 9.17) is 10.6 Å². The van der Waals surface area contributed by atoms with Crippen LogP contribution in [0.5, 0.6) is 0 Å². The van der Waals surface area contributed by atoms with Crippen LogP contribution in [0.2, 0.25) is 0 Å². The number of anilines is 1. The fourth-order valence-corrected chi connectivity index (χ4v) is 1.67. The predicted molar refractivity (Wildman–Crippen MR) is 61.8 cm³/mol. The van der Waals surface area contributed by atoms with E-state index >= 15 is 0 Å². The van der Waals surface area contributed by atoms with Crippen molar-refractivity contribution >= 4 is 11.4 Å². The molecule has 2 N–H and O–H groups in total. The standard InChI is InChI=1S/C12H16N2O/c1-8-9(2)14(3)15-12(8)10-4-6-11(13)7-5-10/h4-7,9H,13H2,1-3H3. The van der Waals surface area contributed by atoms with E-state index in [0.717, 1.165) is 17.0 Å². The molecular formula is C12H16N2O. The second-order valence-corrected chi connectivity index (χ2v) is 3.95. The third kappa shape index (κ3) is 1.70. The molecule has 1 atom stereocenters. The van der Waals surface area contributed by atoms with Gasteiger partial charge < -0.3 is 10.6 Å². The molecule has 0 bridgehead atoms. The highest BCUT2D eigenvalue weighted by atomic mass is 16.7. The van der Waals surface area contributed by atoms with Crippen LogP contribution in [0.4, 0.5) is 5.69 Å². The van der Waals surface area contributed by atoms with Crippen LogP contribution in [0.25, 0.3) is 5.76 Å². The first kappa shape index (κ1) is 10.1. The van der Waals surface area contributed by atoms with Gasteiger partial charge in [0.05, 0.1) is 6.04 Å². The molecule has 1 unspecified atom stereocenters. The molecule has 3 heteroatoms. The Labute approximate surface area is 90.1 Å². The molecular weight excluding hydrogens is 188 g/mol. The largest absolute Gasteiger partial charge is 0.405 e. The predicted octanol–water partition coefficient (Wildman–Crippen LogP) is 2.27. The minimum atomic E-state index is 0.331. The fourth-order valence-electron chi connectivity index (χ4n) is 1.67. The third-order valence-corrected chi connectivity index (χ3v) is 2.94. The van der Waals surface area contributed by atoms with Crippen molar-refractivity contribution in [3.63, 3.8) is 0 Å². The molecule has 0 amide bonds. The number of hydrogen-bond acceptors (Lipinski definition) is 3. The molecule has 0 spiro atoms. The lowest BCUT2D eigenvalue weighted by molar-refractivity contribution is -0.0613. The number of nitrogens with two attached hydrogens (primary N) is 1. The van der Waals surface area contributed by atoms with Gasteiger partial charge in [-0.2, -0.15) is 0 Å². The van der Waals surface area contributed by atoms with E-state index in [1.807, 2.05) is 36.4 Å². The molecule has 15 heavy (non-hydrogen) atoms. The Morgan fingerprint density at radius 2 is 1.87 bits per heavy atom. The highest BCUT2D eigenvalue weighted by Gasteiger charge is 2.26. The van der Waals surface area contributed by atoms with Gasteiger partial charge >= 0.3 is 0 Å². The van der Waals surface area contributed by atoms with Crippen LogP contribution in [0.15, 0.2) is 29.8 Å². The SMILES string of the molecule is CC1=C(c2ccc(N)cc2)ON(C)C1C. The molecule has 0 radical (unpaired) electrons. The lowest BCUT2D eigenvalue weighted by Gasteiger charge is -2.14. The molecule has 1 heterocycles. The zero-order chi connectivity index (χ0) is 11.0. The van der Waals surface area contributed by atoms with Gasteiger partial charge in [-0.15, -0.1) is 5.06 Å². The van der Waals surface area contributed by atoms with Crippen LogP contribution in [-0.2, 0) is 4.84 Å². The van der Waals surface area contributed by atoms with Gasteiger partial charge in [-0.25, -0.2) is 0 Å². The van der Waals surface area contributed by atoms with Crippen molar-refractivity contribution in [1.29, 1.82) is 0 Å². The van der Waals surface area contributed by atoms with Gasteiger partial charge in [0.15, 0.2) is 5.76 Å². The zero-order valence-corrected chi connectivity index (χ0v) is 9.32. The average Bonchev–Trinajstić information content (AvgIpc) is 2.47. The summed E-state index contributed by atoms with van der Waals surface area (Å²) in [5, 5.41) is 1.86. The topological polar surface area (TPSA) is 38.5 Å². The van der Waals surface area contributed by atoms with Crippen LogP contribution < -0.4 is 5.73 Å². The minimum Gasteiger partial charge on any atom is -0.405 e. The summed E-state index contributed by atoms with van der Waals surface area (Å²) in [6.45, 7) is 4.22. The van der Waals surface area contributed by atoms with Crippen molar-refractivity contribution < 1.29 is 4.84 Å². The van der Waals surface area contributed by atoms with Gasteiger partial charge in [0.2, 0.25) is 0 Å². The normalized spacial score (nSPS) is 21.9. The fraction of sp³-hybridized carbons (Fsp3) is 0.333. The summed E-state index contributed by atoms with van der Waals surface area (Å²) in [6.07, 6.45) is 0. The van der Waals surface area contributed by atoms with E-state index in [0.29, 0.717) is 6.04 Å². The van der Waals surface area contributed by atoms with Crippen molar-refractivity contribution in [2.45, 2.75) is 19.9 Å². The third-order valence-electron chi connectivity index (χ3n) is 2.94. The van der Waals surface area contributed by atoms with Gasteiger partial charge in [-0.05, 0) is 43.7 Å². The molecule has 1 aromatic rings. The molecule has 0 saturated heterocycles. The summed E-state index contributed by atoms with van der Waals surface area (Å²) in [4.78, 5) is 5.68. The number of likely N-dealkylation sites (N-methyl/N-ethyl adjacent to an activating group) is 1. The Morgan fingerprint density at radius 1 is 1.27 bits per heavy atom. The van der Waals surface area contributed by atoms with Crippen molar-refractivity contribution in [3.8, 4) is 0 Å². The summed E-state index contributed by atoms with van der Waals surface area (Å²) >= 11 is 0. The van der Waals surface area contributed by atoms with E-state index < -0.39 is 0 Å². The maximum Gasteiger partial charge on any atom is 0.155 e. The van der Waals surface area contributed by atoms with Crippen molar-refractivity contribution in [1.82, 2.24) is 5.06 Å². The summed E-state index contributed by atoms with van der Waals surface area (Å²) in [5.41, 5.74) is 8.76. The van der Waals surface area contributed by atoms with Crippen LogP contribution in [0, 0.1) is 0 Å². The monoisotopic (exact) mass is 204 g/mol. The van der Waals surface area contributed by atoms with E-state index in [1.165, 1.54) is 5.57 Å². The first-order valence-electron chi connectivity index (χ1n) is 5.07. The molecule has 0 aliphatic carbocycles. The zero-order valence-electron chi connectivity index (χ0n) is 9.32. The number of benzene rings is 1. The molecule has 0 fully saturated rings. The Hall–Kier alpha value is -1.48. The highest BCUT2D eigenvalue weighted by molar-refractivity contribution is 5.66. The van der Waals surface area contributed by atoms with Crippen LogP contribution in [0.1, 0.15) is 19.4 Å². The first-order valence-corrected chi connectivity index (χ1v) is 5.07. The molecule has 1 aliphatic rings. The van der Waals surface area contributed by atoms with Gasteiger partial charge in [0, 0.05) is 18.3 Å².